The fraction of sp³-hybridized carbons (Fsp3) is 0.308. The van der Waals surface area contributed by atoms with Crippen LogP contribution in [0.4, 0.5) is 5.69 Å². The molecule has 84 valence electrons. The molecule has 1 aromatic carbocycles. The maximum Gasteiger partial charge on any atom is 0.150 e. The number of hydrogen-bond donors (Lipinski definition) is 1. The van der Waals surface area contributed by atoms with E-state index in [1.54, 1.807) is 6.07 Å². The fourth-order valence-electron chi connectivity index (χ4n) is 1.21. The Kier molecular flexibility index (Phi) is 3.56. The van der Waals surface area contributed by atoms with Crippen LogP contribution in [0.2, 0.25) is 19.6 Å². The van der Waals surface area contributed by atoms with Gasteiger partial charge in [-0.15, -0.1) is 5.54 Å². The van der Waals surface area contributed by atoms with Crippen LogP contribution in [-0.4, -0.2) is 14.4 Å². The monoisotopic (exact) mass is 231 g/mol. The summed E-state index contributed by atoms with van der Waals surface area (Å²) in [5.41, 5.74) is 12.0. The predicted molar refractivity (Wildman–Crippen MR) is 71.2 cm³/mol. The predicted octanol–water partition coefficient (Wildman–Crippen LogP) is 2.62. The summed E-state index contributed by atoms with van der Waals surface area (Å²) in [5.74, 6) is 3.10. The van der Waals surface area contributed by atoms with Gasteiger partial charge in [-0.05, 0) is 24.6 Å². The molecule has 1 aromatic rings. The molecule has 0 unspecified atom stereocenters. The molecule has 0 atom stereocenters. The molecule has 3 heteroatoms. The first kappa shape index (κ1) is 12.5. The van der Waals surface area contributed by atoms with Crippen LogP contribution in [0, 0.1) is 18.4 Å². The van der Waals surface area contributed by atoms with E-state index in [0.717, 1.165) is 17.4 Å². The molecule has 2 nitrogen and oxygen atoms in total. The van der Waals surface area contributed by atoms with Gasteiger partial charge in [-0.25, -0.2) is 0 Å². The molecule has 0 spiro atoms. The molecule has 1 rings (SSSR count). The van der Waals surface area contributed by atoms with E-state index in [9.17, 15) is 4.79 Å². The summed E-state index contributed by atoms with van der Waals surface area (Å²) in [4.78, 5) is 10.8. The van der Waals surface area contributed by atoms with Crippen molar-refractivity contribution in [2.24, 2.45) is 0 Å². The number of anilines is 1. The lowest BCUT2D eigenvalue weighted by Crippen LogP contribution is -2.16. The van der Waals surface area contributed by atoms with Gasteiger partial charge in [-0.2, -0.15) is 0 Å². The molecule has 0 aliphatic carbocycles. The van der Waals surface area contributed by atoms with Crippen molar-refractivity contribution in [2.45, 2.75) is 26.6 Å². The quantitative estimate of drug-likeness (QED) is 0.349. The minimum atomic E-state index is -1.39. The van der Waals surface area contributed by atoms with Gasteiger partial charge in [0.2, 0.25) is 0 Å². The van der Waals surface area contributed by atoms with Gasteiger partial charge in [0.1, 0.15) is 14.4 Å². The largest absolute Gasteiger partial charge is 0.398 e. The first-order chi connectivity index (χ1) is 7.33. The number of carbonyl (C=O) groups excluding carboxylic acids is 1. The van der Waals surface area contributed by atoms with E-state index in [0.29, 0.717) is 11.3 Å². The number of benzene rings is 1. The third-order valence-electron chi connectivity index (χ3n) is 2.20. The highest BCUT2D eigenvalue weighted by atomic mass is 28.3. The molecule has 0 saturated carbocycles. The first-order valence-electron chi connectivity index (χ1n) is 5.22. The fourth-order valence-corrected chi connectivity index (χ4v) is 1.73. The highest BCUT2D eigenvalue weighted by Gasteiger charge is 2.08. The van der Waals surface area contributed by atoms with Crippen LogP contribution in [0.3, 0.4) is 0 Å². The standard InChI is InChI=1S/C13H17NOSi/c1-10-12(9-15)7-11(8-13(10)14)5-6-16(2,3)4/h7-9H,14H2,1-4H3. The second-order valence-corrected chi connectivity index (χ2v) is 9.65. The molecule has 0 amide bonds. The number of nitrogen functional groups attached to an aromatic ring is 1. The summed E-state index contributed by atoms with van der Waals surface area (Å²) in [6.07, 6.45) is 0.825. The molecule has 16 heavy (non-hydrogen) atoms. The number of rotatable bonds is 1. The Morgan fingerprint density at radius 3 is 2.44 bits per heavy atom. The summed E-state index contributed by atoms with van der Waals surface area (Å²) >= 11 is 0. The summed E-state index contributed by atoms with van der Waals surface area (Å²) in [7, 11) is -1.39. The van der Waals surface area contributed by atoms with E-state index < -0.39 is 8.07 Å². The Labute approximate surface area is 97.9 Å². The van der Waals surface area contributed by atoms with Gasteiger partial charge < -0.3 is 5.73 Å². The van der Waals surface area contributed by atoms with Crippen molar-refractivity contribution in [1.82, 2.24) is 0 Å². The second-order valence-electron chi connectivity index (χ2n) is 4.90. The van der Waals surface area contributed by atoms with E-state index >= 15 is 0 Å². The van der Waals surface area contributed by atoms with Gasteiger partial charge in [-0.3, -0.25) is 4.79 Å². The lowest BCUT2D eigenvalue weighted by molar-refractivity contribution is 0.112. The third kappa shape index (κ3) is 3.25. The zero-order valence-electron chi connectivity index (χ0n) is 10.2. The van der Waals surface area contributed by atoms with Gasteiger partial charge in [0.25, 0.3) is 0 Å². The minimum absolute atomic E-state index is 0.625. The molecule has 0 aliphatic rings. The molecule has 0 fully saturated rings. The number of hydrogen-bond acceptors (Lipinski definition) is 2. The molecular weight excluding hydrogens is 214 g/mol. The number of aldehydes is 1. The normalized spacial score (nSPS) is 10.5. The van der Waals surface area contributed by atoms with E-state index in [-0.39, 0.29) is 0 Å². The van der Waals surface area contributed by atoms with Crippen molar-refractivity contribution in [3.63, 3.8) is 0 Å². The maximum absolute atomic E-state index is 10.8. The highest BCUT2D eigenvalue weighted by Crippen LogP contribution is 2.17. The number of nitrogens with two attached hydrogens (primary N) is 1. The molecular formula is C13H17NOSi. The topological polar surface area (TPSA) is 43.1 Å². The van der Waals surface area contributed by atoms with Gasteiger partial charge in [-0.1, -0.05) is 25.6 Å². The van der Waals surface area contributed by atoms with Crippen LogP contribution in [0.15, 0.2) is 12.1 Å². The molecule has 2 N–H and O–H groups in total. The van der Waals surface area contributed by atoms with E-state index in [1.807, 2.05) is 13.0 Å². The van der Waals surface area contributed by atoms with Crippen molar-refractivity contribution in [2.75, 3.05) is 5.73 Å². The van der Waals surface area contributed by atoms with Crippen molar-refractivity contribution < 1.29 is 4.79 Å². The molecule has 0 radical (unpaired) electrons. The summed E-state index contributed by atoms with van der Waals surface area (Å²) in [6, 6.07) is 3.63. The zero-order chi connectivity index (χ0) is 12.3. The smallest absolute Gasteiger partial charge is 0.150 e. The van der Waals surface area contributed by atoms with E-state index in [1.165, 1.54) is 0 Å². The minimum Gasteiger partial charge on any atom is -0.398 e. The molecule has 0 aliphatic heterocycles. The molecule has 0 heterocycles. The van der Waals surface area contributed by atoms with Crippen LogP contribution in [0.1, 0.15) is 21.5 Å². The van der Waals surface area contributed by atoms with E-state index in [4.69, 9.17) is 5.73 Å². The second kappa shape index (κ2) is 4.54. The molecule has 0 saturated heterocycles. The molecule has 0 bridgehead atoms. The SMILES string of the molecule is Cc1c(N)cc(C#C[Si](C)(C)C)cc1C=O. The van der Waals surface area contributed by atoms with Crippen molar-refractivity contribution in [3.8, 4) is 11.5 Å². The summed E-state index contributed by atoms with van der Waals surface area (Å²) in [5, 5.41) is 0. The highest BCUT2D eigenvalue weighted by molar-refractivity contribution is 6.83. The average Bonchev–Trinajstić information content (AvgIpc) is 2.18. The average molecular weight is 231 g/mol. The van der Waals surface area contributed by atoms with Crippen molar-refractivity contribution >= 4 is 20.0 Å². The lowest BCUT2D eigenvalue weighted by Gasteiger charge is -2.06. The third-order valence-corrected chi connectivity index (χ3v) is 3.07. The van der Waals surface area contributed by atoms with Gasteiger partial charge >= 0.3 is 0 Å². The van der Waals surface area contributed by atoms with E-state index in [2.05, 4.69) is 31.1 Å². The summed E-state index contributed by atoms with van der Waals surface area (Å²) in [6.45, 7) is 8.38. The van der Waals surface area contributed by atoms with Gasteiger partial charge in [0.15, 0.2) is 0 Å². The van der Waals surface area contributed by atoms with Crippen LogP contribution >= 0.6 is 0 Å². The van der Waals surface area contributed by atoms with Crippen molar-refractivity contribution in [3.05, 3.63) is 28.8 Å². The van der Waals surface area contributed by atoms with Gasteiger partial charge in [0.05, 0.1) is 0 Å². The molecule has 0 aromatic heterocycles. The first-order valence-corrected chi connectivity index (χ1v) is 8.72. The lowest BCUT2D eigenvalue weighted by atomic mass is 10.0. The maximum atomic E-state index is 10.8. The van der Waals surface area contributed by atoms with Gasteiger partial charge in [0, 0.05) is 16.8 Å². The zero-order valence-corrected chi connectivity index (χ0v) is 11.2. The Bertz CT molecular complexity index is 475. The Morgan fingerprint density at radius 1 is 1.31 bits per heavy atom. The van der Waals surface area contributed by atoms with Crippen LogP contribution < -0.4 is 5.73 Å². The van der Waals surface area contributed by atoms with Crippen LogP contribution in [-0.2, 0) is 0 Å². The van der Waals surface area contributed by atoms with Crippen molar-refractivity contribution in [1.29, 1.82) is 0 Å². The van der Waals surface area contributed by atoms with Crippen LogP contribution in [0.5, 0.6) is 0 Å². The van der Waals surface area contributed by atoms with Crippen LogP contribution in [0.25, 0.3) is 0 Å². The number of carbonyl (C=O) groups is 1. The summed E-state index contributed by atoms with van der Waals surface area (Å²) < 4.78 is 0. The Morgan fingerprint density at radius 2 is 1.94 bits per heavy atom. The Balaban J connectivity index is 3.21. The Hall–Kier alpha value is -1.53.